The smallest absolute Gasteiger partial charge is 0.0994 e. The third kappa shape index (κ3) is 0.826. The SMILES string of the molecule is Cc1c2c(c3cncn3c1C)CNC2. The molecule has 1 N–H and O–H groups in total. The van der Waals surface area contributed by atoms with Crippen molar-refractivity contribution in [3.63, 3.8) is 0 Å². The van der Waals surface area contributed by atoms with Gasteiger partial charge in [0.05, 0.1) is 18.0 Å². The summed E-state index contributed by atoms with van der Waals surface area (Å²) in [6.07, 6.45) is 3.86. The van der Waals surface area contributed by atoms with Crippen molar-refractivity contribution in [2.24, 2.45) is 0 Å². The summed E-state index contributed by atoms with van der Waals surface area (Å²) in [6, 6.07) is 0. The molecule has 0 saturated heterocycles. The molecular formula is C11H13N3. The lowest BCUT2D eigenvalue weighted by molar-refractivity contribution is 0.764. The largest absolute Gasteiger partial charge is 0.309 e. The van der Waals surface area contributed by atoms with Crippen LogP contribution in [0.25, 0.3) is 5.52 Å². The van der Waals surface area contributed by atoms with E-state index >= 15 is 0 Å². The number of pyridine rings is 1. The lowest BCUT2D eigenvalue weighted by Gasteiger charge is -2.10. The molecule has 0 unspecified atom stereocenters. The summed E-state index contributed by atoms with van der Waals surface area (Å²) in [7, 11) is 0. The summed E-state index contributed by atoms with van der Waals surface area (Å²) in [6.45, 7) is 6.33. The second-order valence-corrected chi connectivity index (χ2v) is 3.92. The number of fused-ring (bicyclic) bond motifs is 3. The molecule has 3 nitrogen and oxygen atoms in total. The quantitative estimate of drug-likeness (QED) is 0.678. The van der Waals surface area contributed by atoms with Crippen LogP contribution in [0.3, 0.4) is 0 Å². The van der Waals surface area contributed by atoms with Crippen molar-refractivity contribution < 1.29 is 0 Å². The maximum absolute atomic E-state index is 4.22. The molecule has 2 aromatic heterocycles. The van der Waals surface area contributed by atoms with E-state index in [1.165, 1.54) is 27.9 Å². The van der Waals surface area contributed by atoms with Crippen molar-refractivity contribution in [2.45, 2.75) is 26.9 Å². The second kappa shape index (κ2) is 2.58. The van der Waals surface area contributed by atoms with Gasteiger partial charge < -0.3 is 9.72 Å². The molecule has 0 atom stereocenters. The molecule has 0 fully saturated rings. The molecule has 1 aliphatic rings. The van der Waals surface area contributed by atoms with Gasteiger partial charge in [0, 0.05) is 18.8 Å². The van der Waals surface area contributed by atoms with E-state index in [2.05, 4.69) is 28.5 Å². The number of hydrogen-bond acceptors (Lipinski definition) is 2. The van der Waals surface area contributed by atoms with Crippen LogP contribution in [0.2, 0.25) is 0 Å². The Morgan fingerprint density at radius 2 is 2.07 bits per heavy atom. The standard InChI is InChI=1S/C11H13N3/c1-7-8(2)14-6-13-5-11(14)10-4-12-3-9(7)10/h5-6,12H,3-4H2,1-2H3. The molecule has 3 heteroatoms. The van der Waals surface area contributed by atoms with Crippen LogP contribution in [-0.2, 0) is 13.1 Å². The predicted molar refractivity (Wildman–Crippen MR) is 55.2 cm³/mol. The fourth-order valence-electron chi connectivity index (χ4n) is 2.31. The molecule has 72 valence electrons. The first kappa shape index (κ1) is 8.00. The van der Waals surface area contributed by atoms with Gasteiger partial charge in [0.1, 0.15) is 0 Å². The summed E-state index contributed by atoms with van der Waals surface area (Å²) < 4.78 is 2.18. The number of nitrogens with zero attached hydrogens (tertiary/aromatic N) is 2. The van der Waals surface area contributed by atoms with E-state index in [4.69, 9.17) is 0 Å². The number of nitrogens with one attached hydrogen (secondary N) is 1. The highest BCUT2D eigenvalue weighted by Gasteiger charge is 2.18. The van der Waals surface area contributed by atoms with E-state index in [1.807, 2.05) is 12.5 Å². The van der Waals surface area contributed by atoms with Crippen LogP contribution < -0.4 is 5.32 Å². The molecule has 0 spiro atoms. The van der Waals surface area contributed by atoms with Crippen molar-refractivity contribution >= 4 is 5.52 Å². The third-order valence-electron chi connectivity index (χ3n) is 3.27. The minimum Gasteiger partial charge on any atom is -0.309 e. The van der Waals surface area contributed by atoms with Crippen LogP contribution in [0.4, 0.5) is 0 Å². The number of aryl methyl sites for hydroxylation is 1. The van der Waals surface area contributed by atoms with Crippen LogP contribution in [-0.4, -0.2) is 9.38 Å². The second-order valence-electron chi connectivity index (χ2n) is 3.92. The number of rotatable bonds is 0. The first-order chi connectivity index (χ1) is 6.79. The number of hydrogen-bond donors (Lipinski definition) is 1. The van der Waals surface area contributed by atoms with Gasteiger partial charge in [-0.1, -0.05) is 0 Å². The highest BCUT2D eigenvalue weighted by atomic mass is 15.0. The third-order valence-corrected chi connectivity index (χ3v) is 3.27. The van der Waals surface area contributed by atoms with E-state index in [0.717, 1.165) is 13.1 Å². The summed E-state index contributed by atoms with van der Waals surface area (Å²) >= 11 is 0. The fourth-order valence-corrected chi connectivity index (χ4v) is 2.31. The molecule has 3 heterocycles. The summed E-state index contributed by atoms with van der Waals surface area (Å²) in [5.74, 6) is 0. The Bertz CT molecular complexity index is 511. The molecule has 0 amide bonds. The van der Waals surface area contributed by atoms with Gasteiger partial charge in [0.2, 0.25) is 0 Å². The van der Waals surface area contributed by atoms with Crippen LogP contribution in [0.1, 0.15) is 22.4 Å². The molecule has 0 radical (unpaired) electrons. The molecule has 0 saturated carbocycles. The lowest BCUT2D eigenvalue weighted by atomic mass is 10.0. The minimum absolute atomic E-state index is 0.978. The average Bonchev–Trinajstić information content (AvgIpc) is 2.80. The van der Waals surface area contributed by atoms with Crippen LogP contribution in [0, 0.1) is 13.8 Å². The van der Waals surface area contributed by atoms with Crippen molar-refractivity contribution in [3.05, 3.63) is 34.9 Å². The maximum atomic E-state index is 4.22. The van der Waals surface area contributed by atoms with Crippen molar-refractivity contribution in [2.75, 3.05) is 0 Å². The molecule has 1 aliphatic heterocycles. The zero-order chi connectivity index (χ0) is 9.71. The van der Waals surface area contributed by atoms with Gasteiger partial charge in [-0.05, 0) is 30.5 Å². The molecule has 14 heavy (non-hydrogen) atoms. The summed E-state index contributed by atoms with van der Waals surface area (Å²) in [5.41, 5.74) is 6.85. The molecule has 3 rings (SSSR count). The molecule has 0 bridgehead atoms. The van der Waals surface area contributed by atoms with Crippen molar-refractivity contribution in [1.82, 2.24) is 14.7 Å². The van der Waals surface area contributed by atoms with Gasteiger partial charge in [-0.15, -0.1) is 0 Å². The first-order valence-corrected chi connectivity index (χ1v) is 4.92. The zero-order valence-electron chi connectivity index (χ0n) is 8.46. The fraction of sp³-hybridized carbons (Fsp3) is 0.364. The molecular weight excluding hydrogens is 174 g/mol. The first-order valence-electron chi connectivity index (χ1n) is 4.92. The Kier molecular flexibility index (Phi) is 1.47. The van der Waals surface area contributed by atoms with Gasteiger partial charge in [-0.2, -0.15) is 0 Å². The highest BCUT2D eigenvalue weighted by molar-refractivity contribution is 5.61. The highest BCUT2D eigenvalue weighted by Crippen LogP contribution is 2.26. The average molecular weight is 187 g/mol. The van der Waals surface area contributed by atoms with E-state index in [9.17, 15) is 0 Å². The normalized spacial score (nSPS) is 15.0. The van der Waals surface area contributed by atoms with E-state index in [-0.39, 0.29) is 0 Å². The number of aromatic nitrogens is 2. The van der Waals surface area contributed by atoms with E-state index in [0.29, 0.717) is 0 Å². The topological polar surface area (TPSA) is 29.3 Å². The Labute approximate surface area is 82.8 Å². The van der Waals surface area contributed by atoms with Crippen molar-refractivity contribution in [3.8, 4) is 0 Å². The Morgan fingerprint density at radius 3 is 2.93 bits per heavy atom. The van der Waals surface area contributed by atoms with Gasteiger partial charge in [0.25, 0.3) is 0 Å². The van der Waals surface area contributed by atoms with Crippen molar-refractivity contribution in [1.29, 1.82) is 0 Å². The van der Waals surface area contributed by atoms with Gasteiger partial charge in [-0.25, -0.2) is 4.98 Å². The molecule has 2 aromatic rings. The molecule has 0 aromatic carbocycles. The Morgan fingerprint density at radius 1 is 1.29 bits per heavy atom. The van der Waals surface area contributed by atoms with Gasteiger partial charge in [-0.3, -0.25) is 0 Å². The Hall–Kier alpha value is -1.35. The zero-order valence-corrected chi connectivity index (χ0v) is 8.46. The lowest BCUT2D eigenvalue weighted by Crippen LogP contribution is -2.01. The maximum Gasteiger partial charge on any atom is 0.0994 e. The summed E-state index contributed by atoms with van der Waals surface area (Å²) in [5, 5.41) is 3.40. The number of imidazole rings is 1. The van der Waals surface area contributed by atoms with E-state index in [1.54, 1.807) is 0 Å². The van der Waals surface area contributed by atoms with Crippen LogP contribution in [0.15, 0.2) is 12.5 Å². The Balaban J connectivity index is 2.52. The monoisotopic (exact) mass is 187 g/mol. The van der Waals surface area contributed by atoms with Gasteiger partial charge in [0.15, 0.2) is 0 Å². The van der Waals surface area contributed by atoms with Crippen LogP contribution in [0.5, 0.6) is 0 Å². The van der Waals surface area contributed by atoms with Crippen LogP contribution >= 0.6 is 0 Å². The molecule has 0 aliphatic carbocycles. The predicted octanol–water partition coefficient (Wildman–Crippen LogP) is 1.55. The van der Waals surface area contributed by atoms with Gasteiger partial charge >= 0.3 is 0 Å². The van der Waals surface area contributed by atoms with E-state index < -0.39 is 0 Å². The summed E-state index contributed by atoms with van der Waals surface area (Å²) in [4.78, 5) is 4.22. The minimum atomic E-state index is 0.978.